The SMILES string of the molecule is Cc1ccccc1Cc1noc(CN2CC[C@H](O)C2)n1. The molecule has 1 atom stereocenters. The predicted molar refractivity (Wildman–Crippen MR) is 74.2 cm³/mol. The van der Waals surface area contributed by atoms with E-state index in [1.54, 1.807) is 0 Å². The van der Waals surface area contributed by atoms with E-state index in [9.17, 15) is 5.11 Å². The summed E-state index contributed by atoms with van der Waals surface area (Å²) in [5, 5.41) is 13.5. The van der Waals surface area contributed by atoms with Crippen LogP contribution in [0.3, 0.4) is 0 Å². The van der Waals surface area contributed by atoms with Crippen molar-refractivity contribution in [3.8, 4) is 0 Å². The Hall–Kier alpha value is -1.72. The van der Waals surface area contributed by atoms with Gasteiger partial charge in [-0.05, 0) is 24.5 Å². The highest BCUT2D eigenvalue weighted by atomic mass is 16.5. The van der Waals surface area contributed by atoms with E-state index in [0.29, 0.717) is 31.2 Å². The highest BCUT2D eigenvalue weighted by molar-refractivity contribution is 5.27. The maximum absolute atomic E-state index is 9.50. The Labute approximate surface area is 118 Å². The van der Waals surface area contributed by atoms with Crippen molar-refractivity contribution in [3.05, 3.63) is 47.1 Å². The number of rotatable bonds is 4. The molecule has 1 fully saturated rings. The van der Waals surface area contributed by atoms with Gasteiger partial charge < -0.3 is 9.63 Å². The smallest absolute Gasteiger partial charge is 0.240 e. The molecular formula is C15H19N3O2. The Morgan fingerprint density at radius 2 is 2.25 bits per heavy atom. The Bertz CT molecular complexity index is 582. The van der Waals surface area contributed by atoms with Crippen LogP contribution < -0.4 is 0 Å². The molecule has 2 aromatic rings. The van der Waals surface area contributed by atoms with Gasteiger partial charge in [-0.15, -0.1) is 0 Å². The Morgan fingerprint density at radius 3 is 3.00 bits per heavy atom. The fraction of sp³-hybridized carbons (Fsp3) is 0.467. The third kappa shape index (κ3) is 3.05. The van der Waals surface area contributed by atoms with Crippen LogP contribution in [0.4, 0.5) is 0 Å². The van der Waals surface area contributed by atoms with Gasteiger partial charge in [0.1, 0.15) is 0 Å². The second-order valence-corrected chi connectivity index (χ2v) is 5.39. The largest absolute Gasteiger partial charge is 0.392 e. The summed E-state index contributed by atoms with van der Waals surface area (Å²) >= 11 is 0. The molecule has 1 aromatic carbocycles. The molecule has 5 heteroatoms. The molecule has 1 saturated heterocycles. The minimum absolute atomic E-state index is 0.218. The maximum atomic E-state index is 9.50. The van der Waals surface area contributed by atoms with Crippen LogP contribution in [0.25, 0.3) is 0 Å². The minimum Gasteiger partial charge on any atom is -0.392 e. The van der Waals surface area contributed by atoms with E-state index in [4.69, 9.17) is 4.52 Å². The number of likely N-dealkylation sites (tertiary alicyclic amines) is 1. The van der Waals surface area contributed by atoms with Gasteiger partial charge in [0.15, 0.2) is 5.82 Å². The molecule has 3 rings (SSSR count). The highest BCUT2D eigenvalue weighted by Crippen LogP contribution is 2.14. The van der Waals surface area contributed by atoms with E-state index < -0.39 is 0 Å². The third-order valence-corrected chi connectivity index (χ3v) is 3.73. The summed E-state index contributed by atoms with van der Waals surface area (Å²) in [4.78, 5) is 6.57. The number of β-amino-alcohol motifs (C(OH)–C–C–N with tert-alkyl or cyclic N) is 1. The molecule has 1 N–H and O–H groups in total. The van der Waals surface area contributed by atoms with E-state index in [2.05, 4.69) is 34.1 Å². The first kappa shape index (κ1) is 13.3. The molecule has 0 spiro atoms. The van der Waals surface area contributed by atoms with Gasteiger partial charge >= 0.3 is 0 Å². The molecule has 0 amide bonds. The molecule has 0 radical (unpaired) electrons. The first-order valence-corrected chi connectivity index (χ1v) is 6.97. The maximum Gasteiger partial charge on any atom is 0.240 e. The highest BCUT2D eigenvalue weighted by Gasteiger charge is 2.22. The number of hydrogen-bond donors (Lipinski definition) is 1. The molecule has 106 valence electrons. The van der Waals surface area contributed by atoms with Crippen LogP contribution in [0.15, 0.2) is 28.8 Å². The monoisotopic (exact) mass is 273 g/mol. The van der Waals surface area contributed by atoms with E-state index >= 15 is 0 Å². The van der Waals surface area contributed by atoms with E-state index in [0.717, 1.165) is 13.0 Å². The van der Waals surface area contributed by atoms with Crippen molar-refractivity contribution in [1.29, 1.82) is 0 Å². The molecule has 1 aromatic heterocycles. The zero-order valence-electron chi connectivity index (χ0n) is 11.6. The van der Waals surface area contributed by atoms with Crippen molar-refractivity contribution in [3.63, 3.8) is 0 Å². The first-order valence-electron chi connectivity index (χ1n) is 6.97. The third-order valence-electron chi connectivity index (χ3n) is 3.73. The summed E-state index contributed by atoms with van der Waals surface area (Å²) in [5.74, 6) is 1.34. The molecule has 5 nitrogen and oxygen atoms in total. The molecular weight excluding hydrogens is 254 g/mol. The van der Waals surface area contributed by atoms with Gasteiger partial charge in [-0.25, -0.2) is 0 Å². The van der Waals surface area contributed by atoms with E-state index in [-0.39, 0.29) is 6.10 Å². The predicted octanol–water partition coefficient (Wildman–Crippen LogP) is 1.54. The number of nitrogens with zero attached hydrogens (tertiary/aromatic N) is 3. The molecule has 2 heterocycles. The van der Waals surface area contributed by atoms with E-state index in [1.165, 1.54) is 11.1 Å². The summed E-state index contributed by atoms with van der Waals surface area (Å²) in [7, 11) is 0. The summed E-state index contributed by atoms with van der Waals surface area (Å²) in [5.41, 5.74) is 2.46. The molecule has 20 heavy (non-hydrogen) atoms. The van der Waals surface area contributed by atoms with Crippen LogP contribution in [-0.4, -0.2) is 39.3 Å². The normalized spacial score (nSPS) is 19.6. The first-order chi connectivity index (χ1) is 9.70. The van der Waals surface area contributed by atoms with Crippen LogP contribution in [0.2, 0.25) is 0 Å². The van der Waals surface area contributed by atoms with Crippen molar-refractivity contribution in [2.75, 3.05) is 13.1 Å². The molecule has 0 bridgehead atoms. The van der Waals surface area contributed by atoms with Gasteiger partial charge in [0.2, 0.25) is 5.89 Å². The van der Waals surface area contributed by atoms with Gasteiger partial charge in [0, 0.05) is 19.5 Å². The standard InChI is InChI=1S/C15H19N3O2/c1-11-4-2-3-5-12(11)8-14-16-15(20-17-14)10-18-7-6-13(19)9-18/h2-5,13,19H,6-10H2,1H3/t13-/m0/s1. The van der Waals surface area contributed by atoms with Crippen LogP contribution in [0.5, 0.6) is 0 Å². The zero-order chi connectivity index (χ0) is 13.9. The second-order valence-electron chi connectivity index (χ2n) is 5.39. The van der Waals surface area contributed by atoms with Crippen LogP contribution >= 0.6 is 0 Å². The van der Waals surface area contributed by atoms with Crippen molar-refractivity contribution in [2.24, 2.45) is 0 Å². The molecule has 0 saturated carbocycles. The second kappa shape index (κ2) is 5.73. The lowest BCUT2D eigenvalue weighted by molar-refractivity contribution is 0.169. The lowest BCUT2D eigenvalue weighted by Gasteiger charge is -2.10. The van der Waals surface area contributed by atoms with Gasteiger partial charge in [0.05, 0.1) is 12.6 Å². The Kier molecular flexibility index (Phi) is 3.80. The van der Waals surface area contributed by atoms with Crippen molar-refractivity contribution in [2.45, 2.75) is 32.4 Å². The van der Waals surface area contributed by atoms with Gasteiger partial charge in [-0.3, -0.25) is 4.90 Å². The number of benzene rings is 1. The summed E-state index contributed by atoms with van der Waals surface area (Å²) in [6.45, 7) is 4.28. The van der Waals surface area contributed by atoms with Crippen LogP contribution in [0.1, 0.15) is 29.3 Å². The van der Waals surface area contributed by atoms with Crippen LogP contribution in [-0.2, 0) is 13.0 Å². The van der Waals surface area contributed by atoms with Gasteiger partial charge in [-0.1, -0.05) is 29.4 Å². The summed E-state index contributed by atoms with van der Waals surface area (Å²) < 4.78 is 5.29. The molecule has 0 aliphatic carbocycles. The number of aryl methyl sites for hydroxylation is 1. The Morgan fingerprint density at radius 1 is 1.40 bits per heavy atom. The average Bonchev–Trinajstić information content (AvgIpc) is 3.02. The van der Waals surface area contributed by atoms with Gasteiger partial charge in [0.25, 0.3) is 0 Å². The minimum atomic E-state index is -0.218. The molecule has 1 aliphatic heterocycles. The molecule has 0 unspecified atom stereocenters. The quantitative estimate of drug-likeness (QED) is 0.915. The van der Waals surface area contributed by atoms with Crippen molar-refractivity contribution < 1.29 is 9.63 Å². The molecule has 1 aliphatic rings. The van der Waals surface area contributed by atoms with Crippen LogP contribution in [0, 0.1) is 6.92 Å². The topological polar surface area (TPSA) is 62.4 Å². The van der Waals surface area contributed by atoms with Gasteiger partial charge in [-0.2, -0.15) is 4.98 Å². The fourth-order valence-electron chi connectivity index (χ4n) is 2.55. The lowest BCUT2D eigenvalue weighted by atomic mass is 10.1. The van der Waals surface area contributed by atoms with E-state index in [1.807, 2.05) is 12.1 Å². The Balaban J connectivity index is 1.63. The van der Waals surface area contributed by atoms with Crippen molar-refractivity contribution >= 4 is 0 Å². The van der Waals surface area contributed by atoms with Crippen molar-refractivity contribution in [1.82, 2.24) is 15.0 Å². The average molecular weight is 273 g/mol. The zero-order valence-corrected chi connectivity index (χ0v) is 11.6. The summed E-state index contributed by atoms with van der Waals surface area (Å²) in [6.07, 6.45) is 1.30. The summed E-state index contributed by atoms with van der Waals surface area (Å²) in [6, 6.07) is 8.22. The lowest BCUT2D eigenvalue weighted by Crippen LogP contribution is -2.21. The number of aliphatic hydroxyl groups is 1. The fourth-order valence-corrected chi connectivity index (χ4v) is 2.55. The number of aliphatic hydroxyl groups excluding tert-OH is 1. The number of hydrogen-bond acceptors (Lipinski definition) is 5. The number of aromatic nitrogens is 2.